The molecule has 1 heterocycles. The number of ketones is 1. The lowest BCUT2D eigenvalue weighted by Crippen LogP contribution is -2.07. The lowest BCUT2D eigenvalue weighted by Gasteiger charge is -2.10. The first-order valence-corrected chi connectivity index (χ1v) is 6.52. The van der Waals surface area contributed by atoms with Crippen LogP contribution in [0, 0.1) is 0 Å². The molecule has 0 fully saturated rings. The molecule has 0 spiro atoms. The highest BCUT2D eigenvalue weighted by molar-refractivity contribution is 6.18. The average Bonchev–Trinajstić information content (AvgIpc) is 2.54. The highest BCUT2D eigenvalue weighted by Crippen LogP contribution is 2.28. The number of hydrogen-bond acceptors (Lipinski definition) is 4. The maximum atomic E-state index is 12.8. The molecule has 0 aliphatic carbocycles. The minimum atomic E-state index is -0.122. The van der Waals surface area contributed by atoms with Crippen molar-refractivity contribution in [2.75, 3.05) is 12.8 Å². The van der Waals surface area contributed by atoms with Gasteiger partial charge in [0.1, 0.15) is 5.75 Å². The Morgan fingerprint density at radius 2 is 1.86 bits per heavy atom. The normalized spacial score (nSPS) is 10.5. The van der Waals surface area contributed by atoms with Gasteiger partial charge in [-0.1, -0.05) is 24.3 Å². The summed E-state index contributed by atoms with van der Waals surface area (Å²) in [5.74, 6) is 0.381. The van der Waals surface area contributed by atoms with Gasteiger partial charge in [-0.05, 0) is 23.6 Å². The van der Waals surface area contributed by atoms with Gasteiger partial charge < -0.3 is 10.5 Å². The second-order valence-electron chi connectivity index (χ2n) is 4.65. The third kappa shape index (κ3) is 2.21. The highest BCUT2D eigenvalue weighted by Gasteiger charge is 2.17. The maximum Gasteiger partial charge on any atom is 0.195 e. The molecule has 4 heteroatoms. The van der Waals surface area contributed by atoms with Gasteiger partial charge in [0.05, 0.1) is 12.8 Å². The minimum absolute atomic E-state index is 0.122. The lowest BCUT2D eigenvalue weighted by atomic mass is 9.97. The quantitative estimate of drug-likeness (QED) is 0.590. The summed E-state index contributed by atoms with van der Waals surface area (Å²) in [6.45, 7) is 0. The van der Waals surface area contributed by atoms with Crippen molar-refractivity contribution in [2.24, 2.45) is 0 Å². The van der Waals surface area contributed by atoms with Gasteiger partial charge in [-0.2, -0.15) is 0 Å². The van der Waals surface area contributed by atoms with Crippen LogP contribution >= 0.6 is 0 Å². The van der Waals surface area contributed by atoms with E-state index in [9.17, 15) is 4.79 Å². The van der Waals surface area contributed by atoms with Gasteiger partial charge in [0.25, 0.3) is 0 Å². The average molecular weight is 278 g/mol. The van der Waals surface area contributed by atoms with Gasteiger partial charge in [-0.15, -0.1) is 0 Å². The SMILES string of the molecule is COc1cccc(C(=O)c2cccc3cnccc23)c1N. The van der Waals surface area contributed by atoms with Crippen molar-refractivity contribution in [3.05, 3.63) is 66.0 Å². The number of nitrogens with two attached hydrogens (primary N) is 1. The van der Waals surface area contributed by atoms with E-state index < -0.39 is 0 Å². The molecule has 0 aliphatic rings. The van der Waals surface area contributed by atoms with Crippen LogP contribution in [0.25, 0.3) is 10.8 Å². The van der Waals surface area contributed by atoms with Crippen LogP contribution in [-0.2, 0) is 0 Å². The number of hydrogen-bond donors (Lipinski definition) is 1. The minimum Gasteiger partial charge on any atom is -0.495 e. The highest BCUT2D eigenvalue weighted by atomic mass is 16.5. The van der Waals surface area contributed by atoms with Crippen molar-refractivity contribution < 1.29 is 9.53 Å². The number of carbonyl (C=O) groups excluding carboxylic acids is 1. The summed E-state index contributed by atoms with van der Waals surface area (Å²) in [5, 5.41) is 1.78. The van der Waals surface area contributed by atoms with Crippen LogP contribution < -0.4 is 10.5 Å². The number of pyridine rings is 1. The van der Waals surface area contributed by atoms with E-state index in [-0.39, 0.29) is 5.78 Å². The molecular formula is C17H14N2O2. The Morgan fingerprint density at radius 1 is 1.10 bits per heavy atom. The molecule has 0 unspecified atom stereocenters. The Bertz CT molecular complexity index is 823. The number of aromatic nitrogens is 1. The molecule has 3 rings (SSSR count). The van der Waals surface area contributed by atoms with Crippen molar-refractivity contribution in [3.8, 4) is 5.75 Å². The Balaban J connectivity index is 2.18. The van der Waals surface area contributed by atoms with Crippen LogP contribution in [0.1, 0.15) is 15.9 Å². The monoisotopic (exact) mass is 278 g/mol. The van der Waals surface area contributed by atoms with Crippen LogP contribution in [0.5, 0.6) is 5.75 Å². The zero-order valence-electron chi connectivity index (χ0n) is 11.5. The van der Waals surface area contributed by atoms with E-state index >= 15 is 0 Å². The molecule has 2 aromatic carbocycles. The van der Waals surface area contributed by atoms with Gasteiger partial charge in [0.15, 0.2) is 5.78 Å². The molecule has 0 amide bonds. The molecule has 3 aromatic rings. The smallest absolute Gasteiger partial charge is 0.195 e. The molecule has 2 N–H and O–H groups in total. The summed E-state index contributed by atoms with van der Waals surface area (Å²) in [6.07, 6.45) is 3.41. The fourth-order valence-electron chi connectivity index (χ4n) is 2.39. The van der Waals surface area contributed by atoms with Gasteiger partial charge >= 0.3 is 0 Å². The van der Waals surface area contributed by atoms with Crippen molar-refractivity contribution >= 4 is 22.2 Å². The first kappa shape index (κ1) is 13.1. The van der Waals surface area contributed by atoms with Crippen LogP contribution in [0.4, 0.5) is 5.69 Å². The molecular weight excluding hydrogens is 264 g/mol. The largest absolute Gasteiger partial charge is 0.495 e. The molecule has 0 aliphatic heterocycles. The molecule has 0 saturated carbocycles. The summed E-state index contributed by atoms with van der Waals surface area (Å²) >= 11 is 0. The number of anilines is 1. The molecule has 0 bridgehead atoms. The maximum absolute atomic E-state index is 12.8. The van der Waals surface area contributed by atoms with Crippen molar-refractivity contribution in [2.45, 2.75) is 0 Å². The van der Waals surface area contributed by atoms with Crippen molar-refractivity contribution in [3.63, 3.8) is 0 Å². The number of nitrogen functional groups attached to an aromatic ring is 1. The zero-order chi connectivity index (χ0) is 14.8. The number of nitrogens with zero attached hydrogens (tertiary/aromatic N) is 1. The first-order valence-electron chi connectivity index (χ1n) is 6.52. The molecule has 0 atom stereocenters. The third-order valence-electron chi connectivity index (χ3n) is 3.46. The number of rotatable bonds is 3. The molecule has 4 nitrogen and oxygen atoms in total. The Labute approximate surface area is 122 Å². The molecule has 104 valence electrons. The summed E-state index contributed by atoms with van der Waals surface area (Å²) in [6, 6.07) is 12.6. The van der Waals surface area contributed by atoms with E-state index in [0.717, 1.165) is 10.8 Å². The predicted molar refractivity (Wildman–Crippen MR) is 82.6 cm³/mol. The van der Waals surface area contributed by atoms with Gasteiger partial charge in [0, 0.05) is 28.9 Å². The van der Waals surface area contributed by atoms with Crippen molar-refractivity contribution in [1.82, 2.24) is 4.98 Å². The van der Waals surface area contributed by atoms with Crippen LogP contribution in [0.3, 0.4) is 0 Å². The Kier molecular flexibility index (Phi) is 3.28. The van der Waals surface area contributed by atoms with E-state index in [0.29, 0.717) is 22.6 Å². The number of fused-ring (bicyclic) bond motifs is 1. The fourth-order valence-corrected chi connectivity index (χ4v) is 2.39. The summed E-state index contributed by atoms with van der Waals surface area (Å²) in [5.41, 5.74) is 7.42. The number of benzene rings is 2. The molecule has 1 aromatic heterocycles. The van der Waals surface area contributed by atoms with E-state index in [1.807, 2.05) is 18.2 Å². The summed E-state index contributed by atoms with van der Waals surface area (Å²) in [7, 11) is 1.53. The van der Waals surface area contributed by atoms with Crippen LogP contribution in [-0.4, -0.2) is 17.9 Å². The number of methoxy groups -OCH3 is 1. The fraction of sp³-hybridized carbons (Fsp3) is 0.0588. The standard InChI is InChI=1S/C17H14N2O2/c1-21-15-7-3-6-14(16(15)18)17(20)13-5-2-4-11-10-19-9-8-12(11)13/h2-10H,18H2,1H3. The van der Waals surface area contributed by atoms with Gasteiger partial charge in [-0.25, -0.2) is 0 Å². The molecule has 21 heavy (non-hydrogen) atoms. The molecule has 0 saturated heterocycles. The van der Waals surface area contributed by atoms with Gasteiger partial charge in [0.2, 0.25) is 0 Å². The van der Waals surface area contributed by atoms with E-state index in [2.05, 4.69) is 4.98 Å². The summed E-state index contributed by atoms with van der Waals surface area (Å²) < 4.78 is 5.17. The second-order valence-corrected chi connectivity index (χ2v) is 4.65. The summed E-state index contributed by atoms with van der Waals surface area (Å²) in [4.78, 5) is 16.9. The Morgan fingerprint density at radius 3 is 2.67 bits per heavy atom. The number of para-hydroxylation sites is 1. The third-order valence-corrected chi connectivity index (χ3v) is 3.46. The Hall–Kier alpha value is -2.88. The van der Waals surface area contributed by atoms with E-state index in [4.69, 9.17) is 10.5 Å². The predicted octanol–water partition coefficient (Wildman–Crippen LogP) is 3.06. The number of carbonyl (C=O) groups is 1. The second kappa shape index (κ2) is 5.25. The molecule has 0 radical (unpaired) electrons. The van der Waals surface area contributed by atoms with Crippen LogP contribution in [0.2, 0.25) is 0 Å². The van der Waals surface area contributed by atoms with Crippen molar-refractivity contribution in [1.29, 1.82) is 0 Å². The zero-order valence-corrected chi connectivity index (χ0v) is 11.5. The van der Waals surface area contributed by atoms with Gasteiger partial charge in [-0.3, -0.25) is 9.78 Å². The topological polar surface area (TPSA) is 65.2 Å². The first-order chi connectivity index (χ1) is 10.2. The lowest BCUT2D eigenvalue weighted by molar-refractivity contribution is 0.104. The number of ether oxygens (including phenoxy) is 1. The van der Waals surface area contributed by atoms with E-state index in [1.54, 1.807) is 36.7 Å². The van der Waals surface area contributed by atoms with Crippen LogP contribution in [0.15, 0.2) is 54.9 Å². The van der Waals surface area contributed by atoms with E-state index in [1.165, 1.54) is 7.11 Å².